The summed E-state index contributed by atoms with van der Waals surface area (Å²) in [5.74, 6) is -1.32. The molecule has 1 aliphatic heterocycles. The van der Waals surface area contributed by atoms with Gasteiger partial charge in [0.25, 0.3) is 5.91 Å². The van der Waals surface area contributed by atoms with Crippen molar-refractivity contribution in [3.8, 4) is 11.5 Å². The number of nitrogens with one attached hydrogen (secondary N) is 1. The van der Waals surface area contributed by atoms with Crippen LogP contribution in [-0.4, -0.2) is 19.1 Å². The normalized spacial score (nSPS) is 14.3. The summed E-state index contributed by atoms with van der Waals surface area (Å²) in [5, 5.41) is 2.72. The molecule has 0 spiro atoms. The van der Waals surface area contributed by atoms with Gasteiger partial charge in [0, 0.05) is 0 Å². The largest absolute Gasteiger partial charge is 0.486 e. The molecule has 132 valence electrons. The van der Waals surface area contributed by atoms with Crippen LogP contribution in [0.1, 0.15) is 35.8 Å². The van der Waals surface area contributed by atoms with E-state index in [-0.39, 0.29) is 5.92 Å². The molecular formula is C19H19F2NO3. The monoisotopic (exact) mass is 347 g/mol. The molecule has 0 saturated carbocycles. The lowest BCUT2D eigenvalue weighted by atomic mass is 9.95. The van der Waals surface area contributed by atoms with E-state index in [1.54, 1.807) is 12.1 Å². The lowest BCUT2D eigenvalue weighted by molar-refractivity contribution is 0.0916. The molecule has 6 heteroatoms. The van der Waals surface area contributed by atoms with Gasteiger partial charge in [-0.05, 0) is 35.7 Å². The first kappa shape index (κ1) is 17.2. The third-order valence-electron chi connectivity index (χ3n) is 4.07. The molecule has 1 heterocycles. The van der Waals surface area contributed by atoms with Crippen molar-refractivity contribution in [2.24, 2.45) is 5.92 Å². The van der Waals surface area contributed by atoms with Crippen LogP contribution < -0.4 is 14.8 Å². The zero-order chi connectivity index (χ0) is 18.0. The Hall–Kier alpha value is -2.63. The molecule has 1 unspecified atom stereocenters. The van der Waals surface area contributed by atoms with Gasteiger partial charge in [0.05, 0.1) is 6.04 Å². The summed E-state index contributed by atoms with van der Waals surface area (Å²) >= 11 is 0. The van der Waals surface area contributed by atoms with Gasteiger partial charge in [0.1, 0.15) is 30.4 Å². The Kier molecular flexibility index (Phi) is 4.88. The molecule has 0 aromatic heterocycles. The molecule has 1 aliphatic rings. The molecule has 0 radical (unpaired) electrons. The van der Waals surface area contributed by atoms with E-state index in [0.29, 0.717) is 24.7 Å². The molecule has 2 aromatic carbocycles. The lowest BCUT2D eigenvalue weighted by Gasteiger charge is -2.25. The molecule has 1 N–H and O–H groups in total. The number of halogens is 2. The molecule has 0 aliphatic carbocycles. The Labute approximate surface area is 144 Å². The van der Waals surface area contributed by atoms with Crippen molar-refractivity contribution in [3.05, 3.63) is 59.2 Å². The number of ether oxygens (including phenoxy) is 2. The van der Waals surface area contributed by atoms with E-state index < -0.39 is 29.1 Å². The first-order valence-corrected chi connectivity index (χ1v) is 8.12. The minimum absolute atomic E-state index is 0.00124. The van der Waals surface area contributed by atoms with Gasteiger partial charge in [-0.2, -0.15) is 0 Å². The molecule has 2 aromatic rings. The average molecular weight is 347 g/mol. The molecule has 1 amide bonds. The Morgan fingerprint density at radius 2 is 1.68 bits per heavy atom. The van der Waals surface area contributed by atoms with E-state index in [1.807, 2.05) is 19.9 Å². The average Bonchev–Trinajstić information content (AvgIpc) is 2.59. The molecule has 0 bridgehead atoms. The first-order valence-electron chi connectivity index (χ1n) is 8.12. The standard InChI is InChI=1S/C19H19F2NO3/c1-11(2)18(12-6-7-15-16(10-12)25-9-8-24-15)22-19(23)17-13(20)4-3-5-14(17)21/h3-7,10-11,18H,8-9H2,1-2H3,(H,22,23). The second-order valence-electron chi connectivity index (χ2n) is 6.19. The molecule has 25 heavy (non-hydrogen) atoms. The van der Waals surface area contributed by atoms with Crippen molar-refractivity contribution >= 4 is 5.91 Å². The number of fused-ring (bicyclic) bond motifs is 1. The fourth-order valence-corrected chi connectivity index (χ4v) is 2.82. The van der Waals surface area contributed by atoms with Crippen LogP contribution in [0.15, 0.2) is 36.4 Å². The molecule has 3 rings (SSSR count). The molecule has 4 nitrogen and oxygen atoms in total. The smallest absolute Gasteiger partial charge is 0.257 e. The lowest BCUT2D eigenvalue weighted by Crippen LogP contribution is -2.33. The second kappa shape index (κ2) is 7.09. The van der Waals surface area contributed by atoms with Crippen molar-refractivity contribution in [1.29, 1.82) is 0 Å². The fourth-order valence-electron chi connectivity index (χ4n) is 2.82. The first-order chi connectivity index (χ1) is 12.0. The maximum atomic E-state index is 13.8. The predicted octanol–water partition coefficient (Wildman–Crippen LogP) is 3.86. The van der Waals surface area contributed by atoms with Crippen LogP contribution in [0.4, 0.5) is 8.78 Å². The summed E-state index contributed by atoms with van der Waals surface area (Å²) < 4.78 is 38.7. The zero-order valence-electron chi connectivity index (χ0n) is 14.0. The summed E-state index contributed by atoms with van der Waals surface area (Å²) in [4.78, 5) is 12.4. The van der Waals surface area contributed by atoms with Gasteiger partial charge in [-0.15, -0.1) is 0 Å². The van der Waals surface area contributed by atoms with Crippen LogP contribution >= 0.6 is 0 Å². The molecular weight excluding hydrogens is 328 g/mol. The Balaban J connectivity index is 1.88. The Bertz CT molecular complexity index is 772. The van der Waals surface area contributed by atoms with Crippen LogP contribution in [0.3, 0.4) is 0 Å². The van der Waals surface area contributed by atoms with E-state index in [9.17, 15) is 13.6 Å². The summed E-state index contributed by atoms with van der Waals surface area (Å²) in [6.07, 6.45) is 0. The third kappa shape index (κ3) is 3.57. The third-order valence-corrected chi connectivity index (χ3v) is 4.07. The van der Waals surface area contributed by atoms with Gasteiger partial charge in [0.2, 0.25) is 0 Å². The summed E-state index contributed by atoms with van der Waals surface area (Å²) in [6.45, 7) is 4.78. The number of carbonyl (C=O) groups excluding carboxylic acids is 1. The van der Waals surface area contributed by atoms with Gasteiger partial charge >= 0.3 is 0 Å². The Morgan fingerprint density at radius 1 is 1.04 bits per heavy atom. The maximum absolute atomic E-state index is 13.8. The van der Waals surface area contributed by atoms with E-state index in [2.05, 4.69) is 5.32 Å². The van der Waals surface area contributed by atoms with Crippen LogP contribution in [0.5, 0.6) is 11.5 Å². The highest BCUT2D eigenvalue weighted by Crippen LogP contribution is 2.34. The SMILES string of the molecule is CC(C)C(NC(=O)c1c(F)cccc1F)c1ccc2c(c1)OCCO2. The van der Waals surface area contributed by atoms with Crippen LogP contribution in [0.25, 0.3) is 0 Å². The van der Waals surface area contributed by atoms with Crippen molar-refractivity contribution in [2.75, 3.05) is 13.2 Å². The minimum Gasteiger partial charge on any atom is -0.486 e. The number of rotatable bonds is 4. The number of hydrogen-bond donors (Lipinski definition) is 1. The van der Waals surface area contributed by atoms with Gasteiger partial charge in [-0.1, -0.05) is 26.0 Å². The summed E-state index contributed by atoms with van der Waals surface area (Å²) in [7, 11) is 0. The number of hydrogen-bond acceptors (Lipinski definition) is 3. The molecule has 0 fully saturated rings. The highest BCUT2D eigenvalue weighted by atomic mass is 19.1. The van der Waals surface area contributed by atoms with Crippen molar-refractivity contribution < 1.29 is 23.0 Å². The number of benzene rings is 2. The van der Waals surface area contributed by atoms with Gasteiger partial charge in [-0.25, -0.2) is 8.78 Å². The highest BCUT2D eigenvalue weighted by Gasteiger charge is 2.24. The van der Waals surface area contributed by atoms with E-state index in [1.165, 1.54) is 6.07 Å². The maximum Gasteiger partial charge on any atom is 0.257 e. The quantitative estimate of drug-likeness (QED) is 0.913. The molecule has 0 saturated heterocycles. The number of carbonyl (C=O) groups is 1. The fraction of sp³-hybridized carbons (Fsp3) is 0.316. The second-order valence-corrected chi connectivity index (χ2v) is 6.19. The van der Waals surface area contributed by atoms with Gasteiger partial charge < -0.3 is 14.8 Å². The topological polar surface area (TPSA) is 47.6 Å². The molecule has 1 atom stereocenters. The van der Waals surface area contributed by atoms with E-state index in [0.717, 1.165) is 17.7 Å². The van der Waals surface area contributed by atoms with Crippen molar-refractivity contribution in [3.63, 3.8) is 0 Å². The zero-order valence-corrected chi connectivity index (χ0v) is 14.0. The van der Waals surface area contributed by atoms with Crippen LogP contribution in [0, 0.1) is 17.6 Å². The van der Waals surface area contributed by atoms with E-state index >= 15 is 0 Å². The van der Waals surface area contributed by atoms with Gasteiger partial charge in [0.15, 0.2) is 11.5 Å². The van der Waals surface area contributed by atoms with Gasteiger partial charge in [-0.3, -0.25) is 4.79 Å². The minimum atomic E-state index is -0.887. The van der Waals surface area contributed by atoms with Crippen molar-refractivity contribution in [2.45, 2.75) is 19.9 Å². The Morgan fingerprint density at radius 3 is 2.32 bits per heavy atom. The van der Waals surface area contributed by atoms with Crippen LogP contribution in [0.2, 0.25) is 0 Å². The summed E-state index contributed by atoms with van der Waals surface area (Å²) in [6, 6.07) is 8.30. The summed E-state index contributed by atoms with van der Waals surface area (Å²) in [5.41, 5.74) is 0.204. The van der Waals surface area contributed by atoms with Crippen LogP contribution in [-0.2, 0) is 0 Å². The predicted molar refractivity (Wildman–Crippen MR) is 88.8 cm³/mol. The number of amides is 1. The highest BCUT2D eigenvalue weighted by molar-refractivity contribution is 5.95. The van der Waals surface area contributed by atoms with Crippen molar-refractivity contribution in [1.82, 2.24) is 5.32 Å². The van der Waals surface area contributed by atoms with E-state index in [4.69, 9.17) is 9.47 Å².